The van der Waals surface area contributed by atoms with Gasteiger partial charge in [-0.15, -0.1) is 0 Å². The zero-order chi connectivity index (χ0) is 21.9. The average molecular weight is 432 g/mol. The zero-order valence-corrected chi connectivity index (χ0v) is 17.6. The standard InChI is InChI=1S/C23H24N6O3/c24-21-18(32-17-4-3-14-2-1-7-25-20(14)17)10-15(12-26-21)16-11-19-23(6-9-29(19)27-16)5-8-28(13-23)22(30)31/h1-2,7,10-12,17H,3-6,8-9,13H2,(H2,24,26)(H,30,31). The Morgan fingerprint density at radius 2 is 2.12 bits per heavy atom. The maximum Gasteiger partial charge on any atom is 0.407 e. The Kier molecular flexibility index (Phi) is 4.14. The van der Waals surface area contributed by atoms with Gasteiger partial charge in [0.2, 0.25) is 0 Å². The smallest absolute Gasteiger partial charge is 0.407 e. The van der Waals surface area contributed by atoms with Crippen LogP contribution in [-0.4, -0.2) is 48.9 Å². The minimum atomic E-state index is -0.854. The van der Waals surface area contributed by atoms with Gasteiger partial charge in [0, 0.05) is 48.7 Å². The number of ether oxygens (including phenoxy) is 1. The number of nitrogens with zero attached hydrogens (tertiary/aromatic N) is 5. The van der Waals surface area contributed by atoms with E-state index in [-0.39, 0.29) is 11.5 Å². The van der Waals surface area contributed by atoms with E-state index in [4.69, 9.17) is 15.6 Å². The van der Waals surface area contributed by atoms with Crippen molar-refractivity contribution in [3.63, 3.8) is 0 Å². The van der Waals surface area contributed by atoms with Gasteiger partial charge in [-0.05, 0) is 49.4 Å². The zero-order valence-electron chi connectivity index (χ0n) is 17.6. The first kappa shape index (κ1) is 19.1. The lowest BCUT2D eigenvalue weighted by Crippen LogP contribution is -2.32. The number of rotatable bonds is 3. The summed E-state index contributed by atoms with van der Waals surface area (Å²) in [4.78, 5) is 21.8. The molecular formula is C23H24N6O3. The Balaban J connectivity index is 1.29. The number of fused-ring (bicyclic) bond motifs is 3. The van der Waals surface area contributed by atoms with Crippen molar-refractivity contribution < 1.29 is 14.6 Å². The van der Waals surface area contributed by atoms with Crippen LogP contribution < -0.4 is 10.5 Å². The lowest BCUT2D eigenvalue weighted by molar-refractivity contribution is 0.153. The average Bonchev–Trinajstić information content (AvgIpc) is 3.56. The third-order valence-electron chi connectivity index (χ3n) is 7.10. The SMILES string of the molecule is Nc1ncc(-c2cc3n(n2)CCC32CCN(C(=O)O)C2)cc1OC1CCc2cccnc21. The first-order chi connectivity index (χ1) is 15.5. The van der Waals surface area contributed by atoms with Gasteiger partial charge in [-0.1, -0.05) is 6.07 Å². The Morgan fingerprint density at radius 3 is 2.97 bits per heavy atom. The van der Waals surface area contributed by atoms with Crippen LogP contribution >= 0.6 is 0 Å². The van der Waals surface area contributed by atoms with Crippen molar-refractivity contribution in [2.24, 2.45) is 0 Å². The molecule has 164 valence electrons. The van der Waals surface area contributed by atoms with E-state index in [0.29, 0.717) is 24.7 Å². The highest BCUT2D eigenvalue weighted by molar-refractivity contribution is 5.67. The van der Waals surface area contributed by atoms with Gasteiger partial charge in [-0.2, -0.15) is 5.10 Å². The van der Waals surface area contributed by atoms with Gasteiger partial charge in [0.1, 0.15) is 6.10 Å². The molecule has 32 heavy (non-hydrogen) atoms. The predicted octanol–water partition coefficient (Wildman–Crippen LogP) is 3.01. The fourth-order valence-electron chi connectivity index (χ4n) is 5.39. The van der Waals surface area contributed by atoms with Gasteiger partial charge < -0.3 is 20.5 Å². The number of hydrogen-bond donors (Lipinski definition) is 2. The minimum absolute atomic E-state index is 0.138. The number of nitrogens with two attached hydrogens (primary N) is 1. The van der Waals surface area contributed by atoms with Crippen LogP contribution in [0.4, 0.5) is 10.6 Å². The molecule has 0 saturated carbocycles. The first-order valence-corrected chi connectivity index (χ1v) is 10.9. The molecule has 9 heteroatoms. The summed E-state index contributed by atoms with van der Waals surface area (Å²) in [6.07, 6.45) is 6.05. The monoisotopic (exact) mass is 432 g/mol. The summed E-state index contributed by atoms with van der Waals surface area (Å²) >= 11 is 0. The summed E-state index contributed by atoms with van der Waals surface area (Å²) in [6.45, 7) is 1.88. The van der Waals surface area contributed by atoms with Crippen molar-refractivity contribution >= 4 is 11.9 Å². The van der Waals surface area contributed by atoms with Crippen LogP contribution in [0.5, 0.6) is 5.75 Å². The highest BCUT2D eigenvalue weighted by atomic mass is 16.5. The summed E-state index contributed by atoms with van der Waals surface area (Å²) < 4.78 is 8.26. The van der Waals surface area contributed by atoms with Crippen LogP contribution in [0, 0.1) is 0 Å². The van der Waals surface area contributed by atoms with Crippen LogP contribution in [0.2, 0.25) is 0 Å². The second-order valence-electron chi connectivity index (χ2n) is 8.92. The number of likely N-dealkylation sites (tertiary alicyclic amines) is 1. The Bertz CT molecular complexity index is 1220. The fourth-order valence-corrected chi connectivity index (χ4v) is 5.39. The quantitative estimate of drug-likeness (QED) is 0.653. The second kappa shape index (κ2) is 6.94. The molecule has 0 radical (unpaired) electrons. The summed E-state index contributed by atoms with van der Waals surface area (Å²) in [5.41, 5.74) is 10.9. The summed E-state index contributed by atoms with van der Waals surface area (Å²) in [5, 5.41) is 14.2. The molecule has 9 nitrogen and oxygen atoms in total. The molecule has 1 fully saturated rings. The number of aryl methyl sites for hydroxylation is 2. The predicted molar refractivity (Wildman–Crippen MR) is 116 cm³/mol. The maximum absolute atomic E-state index is 11.4. The molecule has 3 N–H and O–H groups in total. The maximum atomic E-state index is 11.4. The van der Waals surface area contributed by atoms with Gasteiger partial charge in [0.15, 0.2) is 11.6 Å². The number of amides is 1. The third kappa shape index (κ3) is 2.91. The number of carbonyl (C=O) groups is 1. The largest absolute Gasteiger partial charge is 0.480 e. The van der Waals surface area contributed by atoms with Crippen molar-refractivity contribution in [3.8, 4) is 17.0 Å². The highest BCUT2D eigenvalue weighted by Crippen LogP contribution is 2.44. The minimum Gasteiger partial charge on any atom is -0.480 e. The van der Waals surface area contributed by atoms with E-state index in [1.165, 1.54) is 10.5 Å². The molecule has 2 atom stereocenters. The molecule has 2 unspecified atom stereocenters. The van der Waals surface area contributed by atoms with Crippen LogP contribution in [0.15, 0.2) is 36.7 Å². The van der Waals surface area contributed by atoms with Crippen LogP contribution in [0.25, 0.3) is 11.3 Å². The van der Waals surface area contributed by atoms with Crippen molar-refractivity contribution in [3.05, 3.63) is 53.6 Å². The molecule has 0 aromatic carbocycles. The third-order valence-corrected chi connectivity index (χ3v) is 7.10. The Hall–Kier alpha value is -3.62. The molecule has 1 spiro atoms. The molecule has 1 amide bonds. The van der Waals surface area contributed by atoms with Crippen LogP contribution in [-0.2, 0) is 18.4 Å². The number of pyridine rings is 2. The summed E-state index contributed by atoms with van der Waals surface area (Å²) in [5.74, 6) is 0.876. The number of aromatic nitrogens is 4. The molecule has 6 rings (SSSR count). The van der Waals surface area contributed by atoms with Crippen molar-refractivity contribution in [1.29, 1.82) is 0 Å². The van der Waals surface area contributed by atoms with Gasteiger partial charge in [-0.25, -0.2) is 9.78 Å². The number of hydrogen-bond acceptors (Lipinski definition) is 6. The van der Waals surface area contributed by atoms with Crippen molar-refractivity contribution in [1.82, 2.24) is 24.6 Å². The fraction of sp³-hybridized carbons (Fsp3) is 0.391. The molecule has 0 bridgehead atoms. The Labute approximate surface area is 184 Å². The van der Waals surface area contributed by atoms with E-state index in [1.54, 1.807) is 12.4 Å². The van der Waals surface area contributed by atoms with Gasteiger partial charge >= 0.3 is 6.09 Å². The molecule has 3 aliphatic rings. The van der Waals surface area contributed by atoms with E-state index >= 15 is 0 Å². The van der Waals surface area contributed by atoms with Crippen molar-refractivity contribution in [2.45, 2.75) is 43.7 Å². The number of anilines is 1. The highest BCUT2D eigenvalue weighted by Gasteiger charge is 2.47. The first-order valence-electron chi connectivity index (χ1n) is 10.9. The van der Waals surface area contributed by atoms with E-state index in [0.717, 1.165) is 54.9 Å². The normalized spacial score (nSPS) is 23.5. The number of nitrogen functional groups attached to an aromatic ring is 1. The van der Waals surface area contributed by atoms with Gasteiger partial charge in [0.05, 0.1) is 11.4 Å². The van der Waals surface area contributed by atoms with E-state index in [9.17, 15) is 9.90 Å². The molecule has 2 aliphatic heterocycles. The Morgan fingerprint density at radius 1 is 1.25 bits per heavy atom. The van der Waals surface area contributed by atoms with E-state index < -0.39 is 6.09 Å². The molecular weight excluding hydrogens is 408 g/mol. The molecule has 1 aliphatic carbocycles. The van der Waals surface area contributed by atoms with E-state index in [2.05, 4.69) is 22.1 Å². The second-order valence-corrected chi connectivity index (χ2v) is 8.92. The van der Waals surface area contributed by atoms with Crippen LogP contribution in [0.1, 0.15) is 42.3 Å². The lowest BCUT2D eigenvalue weighted by Gasteiger charge is -2.22. The van der Waals surface area contributed by atoms with Gasteiger partial charge in [0.25, 0.3) is 0 Å². The van der Waals surface area contributed by atoms with E-state index in [1.807, 2.05) is 16.8 Å². The summed E-state index contributed by atoms with van der Waals surface area (Å²) in [7, 11) is 0. The van der Waals surface area contributed by atoms with Crippen LogP contribution in [0.3, 0.4) is 0 Å². The number of carboxylic acid groups (broad SMARTS) is 1. The van der Waals surface area contributed by atoms with Gasteiger partial charge in [-0.3, -0.25) is 9.67 Å². The molecule has 3 aromatic rings. The van der Waals surface area contributed by atoms with Crippen molar-refractivity contribution in [2.75, 3.05) is 18.8 Å². The molecule has 3 aromatic heterocycles. The molecule has 5 heterocycles. The molecule has 1 saturated heterocycles. The lowest BCUT2D eigenvalue weighted by atomic mass is 9.82. The topological polar surface area (TPSA) is 119 Å². The summed E-state index contributed by atoms with van der Waals surface area (Å²) in [6, 6.07) is 8.00.